The molecule has 2 aromatic rings. The second-order valence-corrected chi connectivity index (χ2v) is 7.71. The first-order valence-corrected chi connectivity index (χ1v) is 9.37. The van der Waals surface area contributed by atoms with Crippen LogP contribution in [0.15, 0.2) is 18.3 Å². The molecule has 0 atom stereocenters. The van der Waals surface area contributed by atoms with Crippen molar-refractivity contribution < 1.29 is 9.59 Å². The molecule has 1 heterocycles. The lowest BCUT2D eigenvalue weighted by Gasteiger charge is -2.15. The molecule has 27 heavy (non-hydrogen) atoms. The zero-order chi connectivity index (χ0) is 20.3. The highest BCUT2D eigenvalue weighted by molar-refractivity contribution is 6.45. The monoisotopic (exact) mass is 428 g/mol. The van der Waals surface area contributed by atoms with Gasteiger partial charge in [0.25, 0.3) is 0 Å². The normalized spacial score (nSPS) is 11.0. The van der Waals surface area contributed by atoms with Gasteiger partial charge in [-0.3, -0.25) is 9.59 Å². The summed E-state index contributed by atoms with van der Waals surface area (Å²) in [6.07, 6.45) is 1.38. The summed E-state index contributed by atoms with van der Waals surface area (Å²) < 4.78 is 0. The third-order valence-electron chi connectivity index (χ3n) is 3.56. The summed E-state index contributed by atoms with van der Waals surface area (Å²) >= 11 is 18.5. The predicted molar refractivity (Wildman–Crippen MR) is 109 cm³/mol. The topological polar surface area (TPSA) is 84.0 Å². The summed E-state index contributed by atoms with van der Waals surface area (Å²) in [5.41, 5.74) is 0.711. The number of hydrogen-bond acceptors (Lipinski definition) is 4. The minimum atomic E-state index is -0.285. The van der Waals surface area contributed by atoms with E-state index in [1.54, 1.807) is 33.8 Å². The molecular weight excluding hydrogens is 411 g/mol. The highest BCUT2D eigenvalue weighted by Gasteiger charge is 2.19. The van der Waals surface area contributed by atoms with Crippen LogP contribution in [0.5, 0.6) is 0 Å². The number of hydrogen-bond donors (Lipinski definition) is 2. The van der Waals surface area contributed by atoms with Crippen molar-refractivity contribution in [3.63, 3.8) is 0 Å². The largest absolute Gasteiger partial charge is 0.309 e. The average molecular weight is 430 g/mol. The van der Waals surface area contributed by atoms with E-state index in [9.17, 15) is 9.59 Å². The van der Waals surface area contributed by atoms with Gasteiger partial charge in [0.15, 0.2) is 11.6 Å². The van der Waals surface area contributed by atoms with Crippen LogP contribution in [0.25, 0.3) is 11.3 Å². The molecule has 0 radical (unpaired) electrons. The molecule has 6 nitrogen and oxygen atoms in total. The molecule has 2 amide bonds. The molecule has 1 aromatic carbocycles. The highest BCUT2D eigenvalue weighted by atomic mass is 35.5. The van der Waals surface area contributed by atoms with Gasteiger partial charge in [-0.25, -0.2) is 9.97 Å². The van der Waals surface area contributed by atoms with Crippen LogP contribution in [0.3, 0.4) is 0 Å². The summed E-state index contributed by atoms with van der Waals surface area (Å²) in [6, 6.07) is 3.09. The van der Waals surface area contributed by atoms with Gasteiger partial charge in [0.05, 0.1) is 16.2 Å². The molecule has 1 aromatic heterocycles. The van der Waals surface area contributed by atoms with E-state index >= 15 is 0 Å². The van der Waals surface area contributed by atoms with Crippen LogP contribution in [-0.2, 0) is 9.59 Å². The second kappa shape index (κ2) is 8.87. The molecule has 0 spiro atoms. The Labute approximate surface area is 172 Å². The molecule has 9 heteroatoms. The fourth-order valence-corrected chi connectivity index (χ4v) is 2.69. The van der Waals surface area contributed by atoms with Crippen LogP contribution in [0.1, 0.15) is 27.7 Å². The second-order valence-electron chi connectivity index (χ2n) is 6.49. The Kier molecular flexibility index (Phi) is 7.03. The standard InChI is InChI=1S/C18H19Cl3N4O2/c1-8(2)17(26)24-13-7-22-15(16(23-13)25-18(27)9(3)4)11-5-10(19)6-12(20)14(11)21/h5-9H,1-4H3,(H2,23,24,25,26,27). The molecule has 0 aliphatic carbocycles. The molecule has 0 bridgehead atoms. The van der Waals surface area contributed by atoms with Crippen molar-refractivity contribution in [2.24, 2.45) is 11.8 Å². The zero-order valence-corrected chi connectivity index (χ0v) is 17.5. The van der Waals surface area contributed by atoms with Crippen LogP contribution in [-0.4, -0.2) is 21.8 Å². The van der Waals surface area contributed by atoms with Crippen molar-refractivity contribution >= 4 is 58.3 Å². The summed E-state index contributed by atoms with van der Waals surface area (Å²) in [5.74, 6) is -0.645. The van der Waals surface area contributed by atoms with Crippen LogP contribution >= 0.6 is 34.8 Å². The number of halogens is 3. The number of anilines is 2. The van der Waals surface area contributed by atoms with Crippen molar-refractivity contribution in [1.82, 2.24) is 9.97 Å². The number of nitrogens with zero attached hydrogens (tertiary/aromatic N) is 2. The lowest BCUT2D eigenvalue weighted by Crippen LogP contribution is -2.22. The average Bonchev–Trinajstić information content (AvgIpc) is 2.58. The maximum atomic E-state index is 12.2. The van der Waals surface area contributed by atoms with Crippen LogP contribution < -0.4 is 10.6 Å². The van der Waals surface area contributed by atoms with E-state index in [2.05, 4.69) is 20.6 Å². The molecule has 0 unspecified atom stereocenters. The Hall–Kier alpha value is -1.89. The van der Waals surface area contributed by atoms with Crippen molar-refractivity contribution in [1.29, 1.82) is 0 Å². The van der Waals surface area contributed by atoms with Crippen molar-refractivity contribution in [2.45, 2.75) is 27.7 Å². The smallest absolute Gasteiger partial charge is 0.228 e. The van der Waals surface area contributed by atoms with E-state index in [1.165, 1.54) is 12.3 Å². The third-order valence-corrected chi connectivity index (χ3v) is 4.58. The molecule has 144 valence electrons. The van der Waals surface area contributed by atoms with Gasteiger partial charge in [0.2, 0.25) is 11.8 Å². The fraction of sp³-hybridized carbons (Fsp3) is 0.333. The Morgan fingerprint density at radius 1 is 0.963 bits per heavy atom. The quantitative estimate of drug-likeness (QED) is 0.632. The lowest BCUT2D eigenvalue weighted by molar-refractivity contribution is -0.119. The Morgan fingerprint density at radius 2 is 1.56 bits per heavy atom. The van der Waals surface area contributed by atoms with Gasteiger partial charge in [-0.05, 0) is 12.1 Å². The van der Waals surface area contributed by atoms with E-state index < -0.39 is 0 Å². The van der Waals surface area contributed by atoms with Gasteiger partial charge < -0.3 is 10.6 Å². The predicted octanol–water partition coefficient (Wildman–Crippen LogP) is 5.29. The van der Waals surface area contributed by atoms with E-state index in [0.29, 0.717) is 16.3 Å². The maximum Gasteiger partial charge on any atom is 0.228 e. The van der Waals surface area contributed by atoms with Gasteiger partial charge in [-0.1, -0.05) is 62.5 Å². The van der Waals surface area contributed by atoms with E-state index in [0.717, 1.165) is 0 Å². The number of amides is 2. The molecule has 2 N–H and O–H groups in total. The molecule has 0 saturated heterocycles. The Bertz CT molecular complexity index is 885. The summed E-state index contributed by atoms with van der Waals surface area (Å²) in [5, 5.41) is 6.20. The first-order chi connectivity index (χ1) is 12.6. The number of carbonyl (C=O) groups excluding carboxylic acids is 2. The number of carbonyl (C=O) groups is 2. The Morgan fingerprint density at radius 3 is 2.15 bits per heavy atom. The van der Waals surface area contributed by atoms with E-state index in [-0.39, 0.29) is 45.3 Å². The van der Waals surface area contributed by atoms with Crippen molar-refractivity contribution in [2.75, 3.05) is 10.6 Å². The minimum absolute atomic E-state index is 0.149. The van der Waals surface area contributed by atoms with E-state index in [1.807, 2.05) is 0 Å². The first kappa shape index (κ1) is 21.4. The SMILES string of the molecule is CC(C)C(=O)Nc1cnc(-c2cc(Cl)cc(Cl)c2Cl)c(NC(=O)C(C)C)n1. The summed E-state index contributed by atoms with van der Waals surface area (Å²) in [6.45, 7) is 7.00. The highest BCUT2D eigenvalue weighted by Crippen LogP contribution is 2.38. The van der Waals surface area contributed by atoms with Gasteiger partial charge in [-0.15, -0.1) is 0 Å². The first-order valence-electron chi connectivity index (χ1n) is 8.23. The van der Waals surface area contributed by atoms with Crippen molar-refractivity contribution in [3.05, 3.63) is 33.4 Å². The molecule has 0 saturated carbocycles. The number of rotatable bonds is 5. The maximum absolute atomic E-state index is 12.2. The zero-order valence-electron chi connectivity index (χ0n) is 15.2. The summed E-state index contributed by atoms with van der Waals surface area (Å²) in [4.78, 5) is 32.8. The van der Waals surface area contributed by atoms with Crippen LogP contribution in [0.4, 0.5) is 11.6 Å². The molecule has 0 aliphatic rings. The van der Waals surface area contributed by atoms with Gasteiger partial charge in [0.1, 0.15) is 5.69 Å². The number of aromatic nitrogens is 2. The van der Waals surface area contributed by atoms with Gasteiger partial charge in [-0.2, -0.15) is 0 Å². The van der Waals surface area contributed by atoms with Gasteiger partial charge in [0, 0.05) is 22.4 Å². The molecule has 2 rings (SSSR count). The third kappa shape index (κ3) is 5.31. The summed E-state index contributed by atoms with van der Waals surface area (Å²) in [7, 11) is 0. The molecule has 0 fully saturated rings. The number of benzene rings is 1. The van der Waals surface area contributed by atoms with Gasteiger partial charge >= 0.3 is 0 Å². The van der Waals surface area contributed by atoms with Crippen molar-refractivity contribution in [3.8, 4) is 11.3 Å². The molecule has 0 aliphatic heterocycles. The van der Waals surface area contributed by atoms with Crippen LogP contribution in [0, 0.1) is 11.8 Å². The minimum Gasteiger partial charge on any atom is -0.309 e. The Balaban J connectivity index is 2.56. The lowest BCUT2D eigenvalue weighted by atomic mass is 10.1. The number of nitrogens with one attached hydrogen (secondary N) is 2. The molecular formula is C18H19Cl3N4O2. The van der Waals surface area contributed by atoms with Crippen LogP contribution in [0.2, 0.25) is 15.1 Å². The van der Waals surface area contributed by atoms with E-state index in [4.69, 9.17) is 34.8 Å². The fourth-order valence-electron chi connectivity index (χ4n) is 1.99.